The predicted octanol–water partition coefficient (Wildman–Crippen LogP) is 2.66. The third-order valence-electron chi connectivity index (χ3n) is 5.27. The molecule has 0 saturated carbocycles. The van der Waals surface area contributed by atoms with Crippen LogP contribution in [0.15, 0.2) is 46.7 Å². The number of halogens is 1. The van der Waals surface area contributed by atoms with E-state index < -0.39 is 16.1 Å². The Bertz CT molecular complexity index is 1290. The van der Waals surface area contributed by atoms with E-state index in [0.717, 1.165) is 21.2 Å². The number of likely N-dealkylation sites (N-methyl/N-ethyl adjacent to an activating group) is 1. The molecule has 31 heavy (non-hydrogen) atoms. The molecule has 0 spiro atoms. The van der Waals surface area contributed by atoms with Crippen LogP contribution in [-0.4, -0.2) is 54.0 Å². The molecule has 0 unspecified atom stereocenters. The molecule has 0 radical (unpaired) electrons. The summed E-state index contributed by atoms with van der Waals surface area (Å²) in [5.41, 5.74) is 7.46. The van der Waals surface area contributed by atoms with Crippen molar-refractivity contribution in [2.75, 3.05) is 13.6 Å². The predicted molar refractivity (Wildman–Crippen MR) is 121 cm³/mol. The summed E-state index contributed by atoms with van der Waals surface area (Å²) in [6.45, 7) is 0.771. The van der Waals surface area contributed by atoms with Gasteiger partial charge in [0.15, 0.2) is 0 Å². The molecule has 3 N–H and O–H groups in total. The van der Waals surface area contributed by atoms with Crippen molar-refractivity contribution in [3.05, 3.63) is 58.7 Å². The summed E-state index contributed by atoms with van der Waals surface area (Å²) in [4.78, 5) is 18.8. The Hall–Kier alpha value is -2.53. The summed E-state index contributed by atoms with van der Waals surface area (Å²) in [5, 5.41) is 7.85. The van der Waals surface area contributed by atoms with E-state index in [1.165, 1.54) is 13.1 Å². The third-order valence-corrected chi connectivity index (χ3v) is 8.89. The molecule has 162 valence electrons. The number of amidine groups is 1. The lowest BCUT2D eigenvalue weighted by Crippen LogP contribution is -2.42. The summed E-state index contributed by atoms with van der Waals surface area (Å²) >= 11 is 7.00. The Morgan fingerprint density at radius 1 is 1.35 bits per heavy atom. The molecule has 1 fully saturated rings. The van der Waals surface area contributed by atoms with Gasteiger partial charge >= 0.3 is 0 Å². The van der Waals surface area contributed by atoms with Crippen molar-refractivity contribution in [3.63, 3.8) is 0 Å². The highest BCUT2D eigenvalue weighted by atomic mass is 35.5. The van der Waals surface area contributed by atoms with Crippen molar-refractivity contribution in [3.8, 4) is 0 Å². The standard InChI is InChI=1S/C20H20ClN5O3S2/c1-25(31(28,29)18-10-14-16(30-18)5-6-17(21)24-14)15-7-8-26(20(15)27)11-12-3-2-4-13(9-12)19(22)23/h2-6,9-10,15H,7-8,11H2,1H3,(H3,22,23)/t15-/m0/s1. The minimum absolute atomic E-state index is 0.0441. The zero-order valence-electron chi connectivity index (χ0n) is 16.6. The SMILES string of the molecule is CN([C@H]1CCN(Cc2cccc(C(=N)N)c2)C1=O)S(=O)(=O)c1cc2nc(Cl)ccc2s1. The molecular weight excluding hydrogens is 458 g/mol. The summed E-state index contributed by atoms with van der Waals surface area (Å²) < 4.78 is 28.3. The average molecular weight is 478 g/mol. The fourth-order valence-corrected chi connectivity index (χ4v) is 6.59. The Morgan fingerprint density at radius 3 is 2.87 bits per heavy atom. The van der Waals surface area contributed by atoms with Gasteiger partial charge in [0, 0.05) is 25.7 Å². The minimum Gasteiger partial charge on any atom is -0.384 e. The first-order valence-corrected chi connectivity index (χ1v) is 12.1. The van der Waals surface area contributed by atoms with Gasteiger partial charge in [-0.3, -0.25) is 10.2 Å². The van der Waals surface area contributed by atoms with Crippen LogP contribution in [-0.2, 0) is 21.4 Å². The Labute approximate surface area is 188 Å². The second-order valence-corrected chi connectivity index (χ2v) is 11.0. The number of carbonyl (C=O) groups is 1. The lowest BCUT2D eigenvalue weighted by atomic mass is 10.1. The molecule has 1 aliphatic rings. The quantitative estimate of drug-likeness (QED) is 0.321. The number of benzene rings is 1. The average Bonchev–Trinajstić information content (AvgIpc) is 3.31. The number of rotatable bonds is 6. The fraction of sp³-hybridized carbons (Fsp3) is 0.250. The van der Waals surface area contributed by atoms with Gasteiger partial charge in [-0.25, -0.2) is 13.4 Å². The highest BCUT2D eigenvalue weighted by Gasteiger charge is 2.40. The molecule has 8 nitrogen and oxygen atoms in total. The fourth-order valence-electron chi connectivity index (χ4n) is 3.59. The number of nitrogens with zero attached hydrogens (tertiary/aromatic N) is 3. The number of sulfonamides is 1. The maximum atomic E-state index is 13.2. The molecule has 1 atom stereocenters. The van der Waals surface area contributed by atoms with E-state index in [-0.39, 0.29) is 21.1 Å². The number of nitrogens with one attached hydrogen (secondary N) is 1. The zero-order chi connectivity index (χ0) is 22.3. The van der Waals surface area contributed by atoms with Crippen molar-refractivity contribution in [1.29, 1.82) is 5.41 Å². The maximum absolute atomic E-state index is 13.2. The topological polar surface area (TPSA) is 120 Å². The van der Waals surface area contributed by atoms with Crippen molar-refractivity contribution in [2.45, 2.75) is 23.2 Å². The van der Waals surface area contributed by atoms with Gasteiger partial charge < -0.3 is 10.6 Å². The summed E-state index contributed by atoms with van der Waals surface area (Å²) in [6.07, 6.45) is 0.399. The largest absolute Gasteiger partial charge is 0.384 e. The smallest absolute Gasteiger partial charge is 0.253 e. The van der Waals surface area contributed by atoms with E-state index in [2.05, 4.69) is 4.98 Å². The van der Waals surface area contributed by atoms with Crippen LogP contribution in [0.2, 0.25) is 5.15 Å². The monoisotopic (exact) mass is 477 g/mol. The Balaban J connectivity index is 1.53. The minimum atomic E-state index is -3.87. The molecule has 0 bridgehead atoms. The number of nitrogen functional groups attached to an aromatic ring is 1. The van der Waals surface area contributed by atoms with Gasteiger partial charge in [0.25, 0.3) is 10.0 Å². The number of likely N-dealkylation sites (tertiary alicyclic amines) is 1. The summed E-state index contributed by atoms with van der Waals surface area (Å²) in [6, 6.07) is 11.2. The number of hydrogen-bond acceptors (Lipinski definition) is 6. The number of nitrogens with two attached hydrogens (primary N) is 1. The highest BCUT2D eigenvalue weighted by molar-refractivity contribution is 7.91. The number of carbonyl (C=O) groups excluding carboxylic acids is 1. The van der Waals surface area contributed by atoms with Crippen LogP contribution in [0.3, 0.4) is 0 Å². The molecular formula is C20H20ClN5O3S2. The molecule has 3 heterocycles. The van der Waals surface area contributed by atoms with E-state index in [1.807, 2.05) is 6.07 Å². The zero-order valence-corrected chi connectivity index (χ0v) is 19.0. The third kappa shape index (κ3) is 4.16. The highest BCUT2D eigenvalue weighted by Crippen LogP contribution is 2.32. The van der Waals surface area contributed by atoms with Gasteiger partial charge in [0.1, 0.15) is 21.2 Å². The summed E-state index contributed by atoms with van der Waals surface area (Å²) in [5.74, 6) is -0.293. The maximum Gasteiger partial charge on any atom is 0.253 e. The molecule has 3 aromatic rings. The first kappa shape index (κ1) is 21.7. The second-order valence-electron chi connectivity index (χ2n) is 7.28. The van der Waals surface area contributed by atoms with E-state index in [1.54, 1.807) is 35.2 Å². The molecule has 0 aliphatic carbocycles. The molecule has 1 aliphatic heterocycles. The Kier molecular flexibility index (Phi) is 5.73. The van der Waals surface area contributed by atoms with Crippen molar-refractivity contribution in [1.82, 2.24) is 14.2 Å². The second kappa shape index (κ2) is 8.19. The normalized spacial score (nSPS) is 17.1. The van der Waals surface area contributed by atoms with E-state index >= 15 is 0 Å². The van der Waals surface area contributed by atoms with Crippen molar-refractivity contribution >= 4 is 54.9 Å². The van der Waals surface area contributed by atoms with Gasteiger partial charge in [0.05, 0.1) is 10.2 Å². The van der Waals surface area contributed by atoms with Gasteiger partial charge in [-0.2, -0.15) is 4.31 Å². The number of thiophene rings is 1. The van der Waals surface area contributed by atoms with E-state index in [0.29, 0.717) is 35.3 Å². The molecule has 2 aromatic heterocycles. The van der Waals surface area contributed by atoms with Crippen LogP contribution in [0.4, 0.5) is 0 Å². The van der Waals surface area contributed by atoms with Gasteiger partial charge in [-0.05, 0) is 36.2 Å². The van der Waals surface area contributed by atoms with Crippen LogP contribution in [0.5, 0.6) is 0 Å². The Morgan fingerprint density at radius 2 is 2.13 bits per heavy atom. The van der Waals surface area contributed by atoms with Crippen LogP contribution < -0.4 is 5.73 Å². The first-order valence-electron chi connectivity index (χ1n) is 9.43. The molecule has 11 heteroatoms. The number of pyridine rings is 1. The lowest BCUT2D eigenvalue weighted by molar-refractivity contribution is -0.131. The van der Waals surface area contributed by atoms with Crippen LogP contribution >= 0.6 is 22.9 Å². The number of hydrogen-bond donors (Lipinski definition) is 2. The lowest BCUT2D eigenvalue weighted by Gasteiger charge is -2.23. The van der Waals surface area contributed by atoms with Crippen LogP contribution in [0.1, 0.15) is 17.5 Å². The van der Waals surface area contributed by atoms with Crippen LogP contribution in [0, 0.1) is 5.41 Å². The van der Waals surface area contributed by atoms with Gasteiger partial charge in [-0.1, -0.05) is 29.8 Å². The van der Waals surface area contributed by atoms with Crippen LogP contribution in [0.25, 0.3) is 10.2 Å². The first-order chi connectivity index (χ1) is 14.7. The molecule has 4 rings (SSSR count). The molecule has 1 saturated heterocycles. The van der Waals surface area contributed by atoms with Gasteiger partial charge in [-0.15, -0.1) is 11.3 Å². The van der Waals surface area contributed by atoms with E-state index in [9.17, 15) is 13.2 Å². The van der Waals surface area contributed by atoms with E-state index in [4.69, 9.17) is 22.7 Å². The number of fused-ring (bicyclic) bond motifs is 1. The molecule has 1 amide bonds. The molecule has 1 aromatic carbocycles. The number of amides is 1. The summed E-state index contributed by atoms with van der Waals surface area (Å²) in [7, 11) is -2.43. The van der Waals surface area contributed by atoms with Crippen molar-refractivity contribution < 1.29 is 13.2 Å². The number of aromatic nitrogens is 1. The van der Waals surface area contributed by atoms with Crippen molar-refractivity contribution in [2.24, 2.45) is 5.73 Å². The van der Waals surface area contributed by atoms with Gasteiger partial charge in [0.2, 0.25) is 5.91 Å².